The van der Waals surface area contributed by atoms with Gasteiger partial charge in [0.1, 0.15) is 12.4 Å². The number of rotatable bonds is 10. The summed E-state index contributed by atoms with van der Waals surface area (Å²) in [5, 5.41) is 13.6. The average Bonchev–Trinajstić information content (AvgIpc) is 2.48. The molecule has 0 aliphatic carbocycles. The van der Waals surface area contributed by atoms with Gasteiger partial charge in [-0.1, -0.05) is 0 Å². The largest absolute Gasteiger partial charge is 0.492 e. The summed E-state index contributed by atoms with van der Waals surface area (Å²) in [6, 6.07) is 5.97. The third-order valence-electron chi connectivity index (χ3n) is 2.67. The molecule has 134 valence electrons. The Morgan fingerprint density at radius 3 is 2.33 bits per heavy atom. The Hall–Kier alpha value is -2.49. The van der Waals surface area contributed by atoms with E-state index in [4.69, 9.17) is 9.84 Å². The van der Waals surface area contributed by atoms with Crippen molar-refractivity contribution in [3.63, 3.8) is 0 Å². The Kier molecular flexibility index (Phi) is 7.83. The number of hydrogen-bond donors (Lipinski definition) is 4. The number of urea groups is 1. The highest BCUT2D eigenvalue weighted by atomic mass is 32.2. The Morgan fingerprint density at radius 1 is 1.12 bits per heavy atom. The lowest BCUT2D eigenvalue weighted by molar-refractivity contribution is -0.137. The van der Waals surface area contributed by atoms with E-state index in [-0.39, 0.29) is 26.1 Å². The fourth-order valence-electron chi connectivity index (χ4n) is 1.67. The highest BCUT2D eigenvalue weighted by Gasteiger charge is 2.03. The number of benzene rings is 1. The maximum atomic E-state index is 11.4. The molecule has 1 aromatic rings. The molecule has 0 aromatic heterocycles. The molecule has 0 spiro atoms. The van der Waals surface area contributed by atoms with Gasteiger partial charge in [0.15, 0.2) is 0 Å². The number of ether oxygens (including phenoxy) is 1. The molecule has 0 atom stereocenters. The third-order valence-corrected chi connectivity index (χ3v) is 3.27. The number of nitrogens with one attached hydrogen (secondary N) is 3. The van der Waals surface area contributed by atoms with Gasteiger partial charge in [0.25, 0.3) is 0 Å². The van der Waals surface area contributed by atoms with E-state index in [9.17, 15) is 18.0 Å². The molecule has 24 heavy (non-hydrogen) atoms. The number of amides is 2. The van der Waals surface area contributed by atoms with Crippen LogP contribution in [0, 0.1) is 0 Å². The van der Waals surface area contributed by atoms with Crippen molar-refractivity contribution in [2.24, 2.45) is 0 Å². The van der Waals surface area contributed by atoms with Crippen molar-refractivity contribution in [2.75, 3.05) is 30.7 Å². The molecule has 0 bridgehead atoms. The Morgan fingerprint density at radius 2 is 1.75 bits per heavy atom. The van der Waals surface area contributed by atoms with Crippen LogP contribution in [0.5, 0.6) is 5.75 Å². The van der Waals surface area contributed by atoms with Gasteiger partial charge in [0.2, 0.25) is 10.0 Å². The van der Waals surface area contributed by atoms with Crippen molar-refractivity contribution in [1.82, 2.24) is 10.6 Å². The quantitative estimate of drug-likeness (QED) is 0.452. The van der Waals surface area contributed by atoms with Crippen molar-refractivity contribution < 1.29 is 27.9 Å². The van der Waals surface area contributed by atoms with E-state index in [2.05, 4.69) is 15.4 Å². The monoisotopic (exact) mass is 359 g/mol. The molecule has 0 heterocycles. The molecular formula is C14H21N3O6S. The van der Waals surface area contributed by atoms with E-state index in [0.717, 1.165) is 6.26 Å². The van der Waals surface area contributed by atoms with Crippen LogP contribution in [0.25, 0.3) is 0 Å². The first-order valence-electron chi connectivity index (χ1n) is 7.20. The van der Waals surface area contributed by atoms with Crippen LogP contribution in [0.2, 0.25) is 0 Å². The second-order valence-corrected chi connectivity index (χ2v) is 6.68. The van der Waals surface area contributed by atoms with E-state index >= 15 is 0 Å². The number of hydrogen-bond acceptors (Lipinski definition) is 5. The summed E-state index contributed by atoms with van der Waals surface area (Å²) in [5.74, 6) is -0.360. The minimum Gasteiger partial charge on any atom is -0.492 e. The van der Waals surface area contributed by atoms with Gasteiger partial charge in [0.05, 0.1) is 12.8 Å². The minimum absolute atomic E-state index is 0.00752. The SMILES string of the molecule is CS(=O)(=O)Nc1ccc(OCCNC(=O)NCCCC(=O)O)cc1. The van der Waals surface area contributed by atoms with E-state index in [1.807, 2.05) is 0 Å². The zero-order valence-electron chi connectivity index (χ0n) is 13.2. The molecule has 0 fully saturated rings. The van der Waals surface area contributed by atoms with Crippen LogP contribution in [0.3, 0.4) is 0 Å². The van der Waals surface area contributed by atoms with E-state index < -0.39 is 22.0 Å². The first-order chi connectivity index (χ1) is 11.3. The van der Waals surface area contributed by atoms with Crippen molar-refractivity contribution in [3.05, 3.63) is 24.3 Å². The minimum atomic E-state index is -3.31. The number of sulfonamides is 1. The lowest BCUT2D eigenvalue weighted by atomic mass is 10.3. The number of anilines is 1. The molecular weight excluding hydrogens is 338 g/mol. The number of carboxylic acid groups (broad SMARTS) is 1. The van der Waals surface area contributed by atoms with Crippen molar-refractivity contribution >= 4 is 27.7 Å². The van der Waals surface area contributed by atoms with Crippen LogP contribution in [0.1, 0.15) is 12.8 Å². The molecule has 2 amide bonds. The average molecular weight is 359 g/mol. The predicted molar refractivity (Wildman–Crippen MR) is 88.7 cm³/mol. The molecule has 1 aromatic carbocycles. The number of carbonyl (C=O) groups excluding carboxylic acids is 1. The van der Waals surface area contributed by atoms with Crippen molar-refractivity contribution in [2.45, 2.75) is 12.8 Å². The zero-order valence-corrected chi connectivity index (χ0v) is 14.1. The van der Waals surface area contributed by atoms with Crippen LogP contribution in [-0.2, 0) is 14.8 Å². The molecule has 0 aliphatic rings. The van der Waals surface area contributed by atoms with Crippen LogP contribution in [0.15, 0.2) is 24.3 Å². The molecule has 0 unspecified atom stereocenters. The lowest BCUT2D eigenvalue weighted by Crippen LogP contribution is -2.38. The van der Waals surface area contributed by atoms with Gasteiger partial charge in [-0.05, 0) is 30.7 Å². The fourth-order valence-corrected chi connectivity index (χ4v) is 2.23. The van der Waals surface area contributed by atoms with E-state index in [0.29, 0.717) is 17.9 Å². The van der Waals surface area contributed by atoms with Crippen molar-refractivity contribution in [3.8, 4) is 5.75 Å². The molecule has 9 nitrogen and oxygen atoms in total. The molecule has 0 saturated carbocycles. The summed E-state index contributed by atoms with van der Waals surface area (Å²) in [4.78, 5) is 21.7. The standard InChI is InChI=1S/C14H21N3O6S/c1-24(21,22)17-11-4-6-12(7-5-11)23-10-9-16-14(20)15-8-2-3-13(18)19/h4-7,17H,2-3,8-10H2,1H3,(H,18,19)(H2,15,16,20). The maximum absolute atomic E-state index is 11.4. The summed E-state index contributed by atoms with van der Waals surface area (Å²) in [6.45, 7) is 0.795. The molecule has 10 heteroatoms. The maximum Gasteiger partial charge on any atom is 0.314 e. The molecule has 0 aliphatic heterocycles. The van der Waals surface area contributed by atoms with Crippen LogP contribution < -0.4 is 20.1 Å². The first-order valence-corrected chi connectivity index (χ1v) is 9.09. The van der Waals surface area contributed by atoms with Gasteiger partial charge in [0, 0.05) is 18.7 Å². The number of carboxylic acids is 1. The first kappa shape index (κ1) is 19.6. The summed E-state index contributed by atoms with van der Waals surface area (Å²) in [7, 11) is -3.31. The van der Waals surface area contributed by atoms with Gasteiger partial charge in [-0.25, -0.2) is 13.2 Å². The zero-order chi connectivity index (χ0) is 18.0. The van der Waals surface area contributed by atoms with Crippen LogP contribution in [0.4, 0.5) is 10.5 Å². The molecule has 0 radical (unpaired) electrons. The smallest absolute Gasteiger partial charge is 0.314 e. The highest BCUT2D eigenvalue weighted by Crippen LogP contribution is 2.16. The topological polar surface area (TPSA) is 134 Å². The van der Waals surface area contributed by atoms with Crippen LogP contribution >= 0.6 is 0 Å². The van der Waals surface area contributed by atoms with Gasteiger partial charge in [-0.3, -0.25) is 9.52 Å². The molecule has 1 rings (SSSR count). The normalized spacial score (nSPS) is 10.7. The fraction of sp³-hybridized carbons (Fsp3) is 0.429. The summed E-state index contributed by atoms with van der Waals surface area (Å²) >= 11 is 0. The van der Waals surface area contributed by atoms with Crippen molar-refractivity contribution in [1.29, 1.82) is 0 Å². The second-order valence-electron chi connectivity index (χ2n) is 4.93. The lowest BCUT2D eigenvalue weighted by Gasteiger charge is -2.09. The van der Waals surface area contributed by atoms with E-state index in [1.165, 1.54) is 0 Å². The second kappa shape index (κ2) is 9.60. The van der Waals surface area contributed by atoms with Gasteiger partial charge in [-0.2, -0.15) is 0 Å². The van der Waals surface area contributed by atoms with Gasteiger partial charge in [-0.15, -0.1) is 0 Å². The Labute approximate surface area is 140 Å². The summed E-state index contributed by atoms with van der Waals surface area (Å²) in [5.41, 5.74) is 0.434. The van der Waals surface area contributed by atoms with Gasteiger partial charge < -0.3 is 20.5 Å². The number of carbonyl (C=O) groups is 2. The highest BCUT2D eigenvalue weighted by molar-refractivity contribution is 7.92. The molecule has 0 saturated heterocycles. The molecule has 4 N–H and O–H groups in total. The van der Waals surface area contributed by atoms with Gasteiger partial charge >= 0.3 is 12.0 Å². The number of aliphatic carboxylic acids is 1. The van der Waals surface area contributed by atoms with E-state index in [1.54, 1.807) is 24.3 Å². The Balaban J connectivity index is 2.18. The predicted octanol–water partition coefficient (Wildman–Crippen LogP) is 0.601. The summed E-state index contributed by atoms with van der Waals surface area (Å²) < 4.78 is 29.9. The Bertz CT molecular complexity index is 645. The third kappa shape index (κ3) is 9.51. The van der Waals surface area contributed by atoms with Crippen LogP contribution in [-0.4, -0.2) is 51.5 Å². The summed E-state index contributed by atoms with van der Waals surface area (Å²) in [6.07, 6.45) is 1.44.